The molecule has 2 aliphatic carbocycles. The van der Waals surface area contributed by atoms with E-state index in [0.29, 0.717) is 5.92 Å². The fraction of sp³-hybridized carbons (Fsp3) is 0.619. The van der Waals surface area contributed by atoms with Gasteiger partial charge in [-0.25, -0.2) is 0 Å². The van der Waals surface area contributed by atoms with Crippen LogP contribution in [0.5, 0.6) is 0 Å². The molecule has 0 aromatic heterocycles. The third-order valence-corrected chi connectivity index (χ3v) is 6.46. The molecule has 4 rings (SSSR count). The monoisotopic (exact) mass is 391 g/mol. The molecule has 1 aromatic carbocycles. The van der Waals surface area contributed by atoms with Gasteiger partial charge in [-0.2, -0.15) is 0 Å². The van der Waals surface area contributed by atoms with E-state index in [2.05, 4.69) is 16.0 Å². The summed E-state index contributed by atoms with van der Waals surface area (Å²) in [6.45, 7) is 3.81. The highest BCUT2D eigenvalue weighted by molar-refractivity contribution is 5.94. The van der Waals surface area contributed by atoms with E-state index in [9.17, 15) is 9.59 Å². The van der Waals surface area contributed by atoms with Crippen LogP contribution in [-0.4, -0.2) is 24.9 Å². The number of hydrogen-bond acceptors (Lipinski definition) is 3. The fourth-order valence-corrected chi connectivity index (χ4v) is 4.56. The number of nitrogens with one attached hydrogen (secondary N) is 3. The second-order valence-corrected chi connectivity index (χ2v) is 8.31. The molecule has 27 heavy (non-hydrogen) atoms. The first-order chi connectivity index (χ1) is 12.6. The number of halogens is 1. The number of rotatable bonds is 5. The summed E-state index contributed by atoms with van der Waals surface area (Å²) in [5, 5.41) is 9.65. The molecule has 1 saturated heterocycles. The molecule has 0 bridgehead atoms. The van der Waals surface area contributed by atoms with E-state index >= 15 is 0 Å². The molecule has 1 heterocycles. The first-order valence-corrected chi connectivity index (χ1v) is 10.0. The van der Waals surface area contributed by atoms with E-state index in [-0.39, 0.29) is 41.6 Å². The predicted molar refractivity (Wildman–Crippen MR) is 109 cm³/mol. The number of hydrogen-bond donors (Lipinski definition) is 3. The van der Waals surface area contributed by atoms with Crippen LogP contribution in [0.1, 0.15) is 57.1 Å². The van der Waals surface area contributed by atoms with E-state index in [1.807, 2.05) is 31.2 Å². The molecule has 0 spiro atoms. The average molecular weight is 392 g/mol. The molecule has 3 aliphatic rings. The first kappa shape index (κ1) is 20.2. The standard InChI is InChI=1S/C21H29N3O2.ClH/c1-14(15-7-9-18(10-8-15)24-19(25)16-5-6-16)23-20(26)21-11-3-2-4-17(21)12-22-13-21;/h7-10,14,16-17,22H,2-6,11-13H2,1H3,(H,23,26)(H,24,25);1H/t14?,17-,21+;/m0./s1. The molecule has 3 fully saturated rings. The van der Waals surface area contributed by atoms with Crippen molar-refractivity contribution in [3.63, 3.8) is 0 Å². The van der Waals surface area contributed by atoms with Crippen molar-refractivity contribution < 1.29 is 9.59 Å². The third kappa shape index (κ3) is 4.14. The van der Waals surface area contributed by atoms with Gasteiger partial charge in [-0.1, -0.05) is 25.0 Å². The van der Waals surface area contributed by atoms with Crippen LogP contribution >= 0.6 is 12.4 Å². The highest BCUT2D eigenvalue weighted by atomic mass is 35.5. The van der Waals surface area contributed by atoms with Gasteiger partial charge in [0, 0.05) is 18.2 Å². The number of carbonyl (C=O) groups excluding carboxylic acids is 2. The third-order valence-electron chi connectivity index (χ3n) is 6.46. The Morgan fingerprint density at radius 2 is 1.89 bits per heavy atom. The molecule has 0 radical (unpaired) electrons. The molecule has 3 N–H and O–H groups in total. The summed E-state index contributed by atoms with van der Waals surface area (Å²) in [6, 6.07) is 7.81. The van der Waals surface area contributed by atoms with Gasteiger partial charge in [-0.05, 0) is 62.8 Å². The van der Waals surface area contributed by atoms with Crippen LogP contribution in [-0.2, 0) is 9.59 Å². The topological polar surface area (TPSA) is 70.2 Å². The fourth-order valence-electron chi connectivity index (χ4n) is 4.56. The molecule has 1 unspecified atom stereocenters. The van der Waals surface area contributed by atoms with Crippen LogP contribution in [0.2, 0.25) is 0 Å². The molecule has 1 aromatic rings. The molecular weight excluding hydrogens is 362 g/mol. The summed E-state index contributed by atoms with van der Waals surface area (Å²) < 4.78 is 0. The quantitative estimate of drug-likeness (QED) is 0.720. The maximum atomic E-state index is 13.1. The van der Waals surface area contributed by atoms with Crippen molar-refractivity contribution in [1.29, 1.82) is 0 Å². The zero-order valence-electron chi connectivity index (χ0n) is 15.9. The van der Waals surface area contributed by atoms with Crippen LogP contribution < -0.4 is 16.0 Å². The van der Waals surface area contributed by atoms with Crippen molar-refractivity contribution in [3.8, 4) is 0 Å². The van der Waals surface area contributed by atoms with Crippen LogP contribution in [0.25, 0.3) is 0 Å². The molecule has 3 atom stereocenters. The minimum absolute atomic E-state index is 0. The number of anilines is 1. The molecule has 1 aliphatic heterocycles. The largest absolute Gasteiger partial charge is 0.349 e. The van der Waals surface area contributed by atoms with Gasteiger partial charge in [-0.15, -0.1) is 12.4 Å². The highest BCUT2D eigenvalue weighted by Crippen LogP contribution is 2.44. The van der Waals surface area contributed by atoms with Gasteiger partial charge in [0.1, 0.15) is 0 Å². The first-order valence-electron chi connectivity index (χ1n) is 10.0. The Kier molecular flexibility index (Phi) is 6.11. The molecule has 148 valence electrons. The summed E-state index contributed by atoms with van der Waals surface area (Å²) in [7, 11) is 0. The van der Waals surface area contributed by atoms with Crippen molar-refractivity contribution >= 4 is 29.9 Å². The van der Waals surface area contributed by atoms with Gasteiger partial charge in [0.05, 0.1) is 11.5 Å². The average Bonchev–Trinajstić information content (AvgIpc) is 3.41. The van der Waals surface area contributed by atoms with Gasteiger partial charge < -0.3 is 16.0 Å². The van der Waals surface area contributed by atoms with Gasteiger partial charge in [0.25, 0.3) is 0 Å². The Hall–Kier alpha value is -1.59. The summed E-state index contributed by atoms with van der Waals surface area (Å²) in [5.41, 5.74) is 1.68. The maximum Gasteiger partial charge on any atom is 0.228 e. The van der Waals surface area contributed by atoms with Gasteiger partial charge in [0.2, 0.25) is 11.8 Å². The molecular formula is C21H30ClN3O2. The lowest BCUT2D eigenvalue weighted by atomic mass is 9.67. The zero-order valence-corrected chi connectivity index (χ0v) is 16.7. The highest BCUT2D eigenvalue weighted by Gasteiger charge is 2.49. The SMILES string of the molecule is CC(NC(=O)[C@@]12CCCC[C@H]1CNC2)c1ccc(NC(=O)C2CC2)cc1.Cl. The lowest BCUT2D eigenvalue weighted by molar-refractivity contribution is -0.134. The molecule has 2 saturated carbocycles. The normalized spacial score (nSPS) is 27.8. The van der Waals surface area contributed by atoms with E-state index < -0.39 is 0 Å². The van der Waals surface area contributed by atoms with Gasteiger partial charge >= 0.3 is 0 Å². The van der Waals surface area contributed by atoms with Crippen LogP contribution in [0.3, 0.4) is 0 Å². The predicted octanol–water partition coefficient (Wildman–Crippen LogP) is 3.41. The molecule has 2 amide bonds. The maximum absolute atomic E-state index is 13.1. The number of benzene rings is 1. The summed E-state index contributed by atoms with van der Waals surface area (Å²) in [5.74, 6) is 1.00. The summed E-state index contributed by atoms with van der Waals surface area (Å²) in [6.07, 6.45) is 6.55. The van der Waals surface area contributed by atoms with Gasteiger partial charge in [-0.3, -0.25) is 9.59 Å². The van der Waals surface area contributed by atoms with E-state index in [0.717, 1.165) is 56.4 Å². The second kappa shape index (κ2) is 8.19. The Labute approximate surface area is 167 Å². The van der Waals surface area contributed by atoms with Crippen LogP contribution in [0, 0.1) is 17.3 Å². The Morgan fingerprint density at radius 3 is 2.59 bits per heavy atom. The van der Waals surface area contributed by atoms with Crippen LogP contribution in [0.15, 0.2) is 24.3 Å². The zero-order chi connectivity index (χ0) is 18.1. The van der Waals surface area contributed by atoms with Crippen molar-refractivity contribution in [2.45, 2.75) is 51.5 Å². The minimum Gasteiger partial charge on any atom is -0.349 e. The Morgan fingerprint density at radius 1 is 1.15 bits per heavy atom. The second-order valence-electron chi connectivity index (χ2n) is 8.31. The van der Waals surface area contributed by atoms with E-state index in [1.165, 1.54) is 6.42 Å². The number of amides is 2. The molecule has 5 nitrogen and oxygen atoms in total. The number of carbonyl (C=O) groups is 2. The number of fused-ring (bicyclic) bond motifs is 1. The Balaban J connectivity index is 0.00000210. The molecule has 6 heteroatoms. The lowest BCUT2D eigenvalue weighted by Crippen LogP contribution is -2.48. The minimum atomic E-state index is -0.218. The lowest BCUT2D eigenvalue weighted by Gasteiger charge is -2.38. The summed E-state index contributed by atoms with van der Waals surface area (Å²) >= 11 is 0. The van der Waals surface area contributed by atoms with Gasteiger partial charge in [0.15, 0.2) is 0 Å². The Bertz CT molecular complexity index is 689. The van der Waals surface area contributed by atoms with Crippen molar-refractivity contribution in [2.75, 3.05) is 18.4 Å². The smallest absolute Gasteiger partial charge is 0.228 e. The van der Waals surface area contributed by atoms with Crippen molar-refractivity contribution in [1.82, 2.24) is 10.6 Å². The van der Waals surface area contributed by atoms with Crippen LogP contribution in [0.4, 0.5) is 5.69 Å². The summed E-state index contributed by atoms with van der Waals surface area (Å²) in [4.78, 5) is 24.9. The van der Waals surface area contributed by atoms with Crippen molar-refractivity contribution in [2.24, 2.45) is 17.3 Å². The van der Waals surface area contributed by atoms with Crippen molar-refractivity contribution in [3.05, 3.63) is 29.8 Å². The van der Waals surface area contributed by atoms with E-state index in [4.69, 9.17) is 0 Å². The van der Waals surface area contributed by atoms with E-state index in [1.54, 1.807) is 0 Å².